The maximum atomic E-state index is 9.64. The number of halogens is 1. The van der Waals surface area contributed by atoms with Crippen molar-refractivity contribution in [1.82, 2.24) is 4.90 Å². The van der Waals surface area contributed by atoms with Gasteiger partial charge >= 0.3 is 0 Å². The number of likely N-dealkylation sites (N-methyl/N-ethyl adjacent to an activating group) is 1. The summed E-state index contributed by atoms with van der Waals surface area (Å²) >= 11 is 6.43. The lowest BCUT2D eigenvalue weighted by molar-refractivity contribution is 0.199. The van der Waals surface area contributed by atoms with E-state index in [9.17, 15) is 5.11 Å². The van der Waals surface area contributed by atoms with Crippen LogP contribution in [0.4, 0.5) is 5.69 Å². The summed E-state index contributed by atoms with van der Waals surface area (Å²) in [6.07, 6.45) is 3.37. The Morgan fingerprint density at radius 2 is 2.00 bits per heavy atom. The molecule has 1 aromatic carbocycles. The van der Waals surface area contributed by atoms with Crippen molar-refractivity contribution in [1.29, 1.82) is 0 Å². The van der Waals surface area contributed by atoms with E-state index in [1.807, 2.05) is 12.1 Å². The number of benzene rings is 1. The molecule has 2 saturated heterocycles. The third kappa shape index (κ3) is 2.54. The maximum Gasteiger partial charge on any atom is 0.0762 e. The van der Waals surface area contributed by atoms with Gasteiger partial charge in [-0.25, -0.2) is 0 Å². The Kier molecular flexibility index (Phi) is 3.93. The molecule has 110 valence electrons. The monoisotopic (exact) mass is 294 g/mol. The van der Waals surface area contributed by atoms with Gasteiger partial charge in [-0.05, 0) is 50.9 Å². The van der Waals surface area contributed by atoms with Crippen LogP contribution in [-0.2, 0) is 0 Å². The second-order valence-electron chi connectivity index (χ2n) is 6.17. The Bertz CT molecular complexity index is 491. The fourth-order valence-corrected chi connectivity index (χ4v) is 3.88. The molecule has 2 bridgehead atoms. The molecule has 4 heteroatoms. The highest BCUT2D eigenvalue weighted by molar-refractivity contribution is 6.33. The van der Waals surface area contributed by atoms with Crippen LogP contribution in [0, 0.1) is 0 Å². The Balaban J connectivity index is 1.82. The van der Waals surface area contributed by atoms with Crippen molar-refractivity contribution >= 4 is 17.3 Å². The molecule has 0 spiro atoms. The Morgan fingerprint density at radius 1 is 1.25 bits per heavy atom. The number of nitrogens with zero attached hydrogens (tertiary/aromatic N) is 2. The molecule has 2 aliphatic rings. The second-order valence-corrected chi connectivity index (χ2v) is 6.58. The summed E-state index contributed by atoms with van der Waals surface area (Å²) < 4.78 is 0. The van der Waals surface area contributed by atoms with Crippen LogP contribution in [0.5, 0.6) is 0 Å². The van der Waals surface area contributed by atoms with Gasteiger partial charge in [-0.2, -0.15) is 0 Å². The predicted octanol–water partition coefficient (Wildman–Crippen LogP) is 3.07. The first-order valence-corrected chi connectivity index (χ1v) is 7.88. The normalized spacial score (nSPS) is 28.5. The highest BCUT2D eigenvalue weighted by atomic mass is 35.5. The number of hydrogen-bond acceptors (Lipinski definition) is 3. The molecule has 3 unspecified atom stereocenters. The van der Waals surface area contributed by atoms with E-state index in [-0.39, 0.29) is 0 Å². The van der Waals surface area contributed by atoms with Crippen LogP contribution < -0.4 is 4.90 Å². The molecule has 1 N–H and O–H groups in total. The molecule has 3 rings (SSSR count). The van der Waals surface area contributed by atoms with Crippen molar-refractivity contribution in [3.05, 3.63) is 28.8 Å². The molecule has 1 aromatic rings. The van der Waals surface area contributed by atoms with Crippen molar-refractivity contribution in [2.24, 2.45) is 0 Å². The van der Waals surface area contributed by atoms with E-state index >= 15 is 0 Å². The van der Waals surface area contributed by atoms with Crippen LogP contribution in [0.2, 0.25) is 5.02 Å². The van der Waals surface area contributed by atoms with Crippen LogP contribution >= 0.6 is 11.6 Å². The van der Waals surface area contributed by atoms with Gasteiger partial charge in [-0.15, -0.1) is 0 Å². The number of hydrogen-bond donors (Lipinski definition) is 1. The number of aliphatic hydroxyl groups excluding tert-OH is 1. The molecule has 0 saturated carbocycles. The van der Waals surface area contributed by atoms with E-state index in [1.165, 1.54) is 19.3 Å². The molecular formula is C16H23ClN2O. The SMILES string of the molecule is CC(O)c1ccc(N2CCC3CCC(C2)N3C)c(Cl)c1. The topological polar surface area (TPSA) is 26.7 Å². The molecule has 0 aliphatic carbocycles. The Hall–Kier alpha value is -0.770. The van der Waals surface area contributed by atoms with Gasteiger partial charge in [0.2, 0.25) is 0 Å². The molecule has 20 heavy (non-hydrogen) atoms. The molecule has 0 amide bonds. The summed E-state index contributed by atoms with van der Waals surface area (Å²) in [6, 6.07) is 7.33. The molecule has 3 atom stereocenters. The minimum Gasteiger partial charge on any atom is -0.389 e. The Labute approximate surface area is 126 Å². The van der Waals surface area contributed by atoms with Gasteiger partial charge in [0.05, 0.1) is 16.8 Å². The average Bonchev–Trinajstić information content (AvgIpc) is 2.64. The first-order chi connectivity index (χ1) is 9.56. The summed E-state index contributed by atoms with van der Waals surface area (Å²) in [5.41, 5.74) is 1.99. The van der Waals surface area contributed by atoms with Crippen LogP contribution in [0.1, 0.15) is 37.9 Å². The van der Waals surface area contributed by atoms with Gasteiger partial charge < -0.3 is 10.0 Å². The van der Waals surface area contributed by atoms with Crippen LogP contribution in [0.3, 0.4) is 0 Å². The van der Waals surface area contributed by atoms with Gasteiger partial charge in [-0.3, -0.25) is 4.90 Å². The molecule has 3 nitrogen and oxygen atoms in total. The minimum absolute atomic E-state index is 0.465. The van der Waals surface area contributed by atoms with Gasteiger partial charge in [0.25, 0.3) is 0 Å². The van der Waals surface area contributed by atoms with Crippen molar-refractivity contribution in [3.63, 3.8) is 0 Å². The van der Waals surface area contributed by atoms with E-state index in [0.29, 0.717) is 6.04 Å². The molecule has 2 heterocycles. The minimum atomic E-state index is -0.465. The van der Waals surface area contributed by atoms with E-state index in [1.54, 1.807) is 6.92 Å². The highest BCUT2D eigenvalue weighted by Crippen LogP contribution is 2.34. The number of anilines is 1. The fourth-order valence-electron chi connectivity index (χ4n) is 3.57. The van der Waals surface area contributed by atoms with Gasteiger partial charge in [0.1, 0.15) is 0 Å². The van der Waals surface area contributed by atoms with Crippen LogP contribution in [-0.4, -0.2) is 42.2 Å². The smallest absolute Gasteiger partial charge is 0.0762 e. The zero-order chi connectivity index (χ0) is 14.3. The lowest BCUT2D eigenvalue weighted by Crippen LogP contribution is -2.36. The fraction of sp³-hybridized carbons (Fsp3) is 0.625. The maximum absolute atomic E-state index is 9.64. The third-order valence-electron chi connectivity index (χ3n) is 4.94. The predicted molar refractivity (Wildman–Crippen MR) is 83.5 cm³/mol. The largest absolute Gasteiger partial charge is 0.389 e. The summed E-state index contributed by atoms with van der Waals surface area (Å²) in [6.45, 7) is 3.89. The molecule has 0 radical (unpaired) electrons. The van der Waals surface area contributed by atoms with E-state index in [0.717, 1.165) is 35.4 Å². The van der Waals surface area contributed by atoms with Gasteiger partial charge in [0.15, 0.2) is 0 Å². The lowest BCUT2D eigenvalue weighted by Gasteiger charge is -2.28. The van der Waals surface area contributed by atoms with Gasteiger partial charge in [-0.1, -0.05) is 17.7 Å². The second kappa shape index (κ2) is 5.55. The summed E-state index contributed by atoms with van der Waals surface area (Å²) in [5, 5.41) is 10.4. The van der Waals surface area contributed by atoms with Crippen molar-refractivity contribution in [3.8, 4) is 0 Å². The van der Waals surface area contributed by atoms with Crippen LogP contribution in [0.15, 0.2) is 18.2 Å². The Morgan fingerprint density at radius 3 is 2.70 bits per heavy atom. The van der Waals surface area contributed by atoms with Crippen LogP contribution in [0.25, 0.3) is 0 Å². The highest BCUT2D eigenvalue weighted by Gasteiger charge is 2.35. The van der Waals surface area contributed by atoms with E-state index in [2.05, 4.69) is 22.9 Å². The standard InChI is InChI=1S/C16H23ClN2O/c1-11(20)12-3-6-16(15(17)9-12)19-8-7-13-4-5-14(10-19)18(13)2/h3,6,9,11,13-14,20H,4-5,7-8,10H2,1-2H3. The molecule has 2 fully saturated rings. The first kappa shape index (κ1) is 14.2. The number of rotatable bonds is 2. The molecular weight excluding hydrogens is 272 g/mol. The zero-order valence-corrected chi connectivity index (χ0v) is 13.0. The summed E-state index contributed by atoms with van der Waals surface area (Å²) in [5.74, 6) is 0. The van der Waals surface area contributed by atoms with Gasteiger partial charge in [0, 0.05) is 25.2 Å². The van der Waals surface area contributed by atoms with Crippen molar-refractivity contribution < 1.29 is 5.11 Å². The zero-order valence-electron chi connectivity index (χ0n) is 12.2. The quantitative estimate of drug-likeness (QED) is 0.908. The number of fused-ring (bicyclic) bond motifs is 2. The number of aliphatic hydroxyl groups is 1. The summed E-state index contributed by atoms with van der Waals surface area (Å²) in [4.78, 5) is 4.95. The van der Waals surface area contributed by atoms with E-state index in [4.69, 9.17) is 11.6 Å². The summed E-state index contributed by atoms with van der Waals surface area (Å²) in [7, 11) is 2.25. The molecule has 2 aliphatic heterocycles. The van der Waals surface area contributed by atoms with Crippen molar-refractivity contribution in [2.75, 3.05) is 25.0 Å². The third-order valence-corrected chi connectivity index (χ3v) is 5.25. The van der Waals surface area contributed by atoms with Crippen molar-refractivity contribution in [2.45, 2.75) is 44.4 Å². The molecule has 0 aromatic heterocycles. The van der Waals surface area contributed by atoms with E-state index < -0.39 is 6.10 Å². The first-order valence-electron chi connectivity index (χ1n) is 7.50. The average molecular weight is 295 g/mol. The lowest BCUT2D eigenvalue weighted by atomic mass is 10.1.